The number of aromatic amines is 1. The topological polar surface area (TPSA) is 90.2 Å². The molecule has 0 radical (unpaired) electrons. The highest BCUT2D eigenvalue weighted by Crippen LogP contribution is 2.33. The van der Waals surface area contributed by atoms with Gasteiger partial charge in [0, 0.05) is 24.7 Å². The van der Waals surface area contributed by atoms with Crippen molar-refractivity contribution in [2.75, 3.05) is 0 Å². The summed E-state index contributed by atoms with van der Waals surface area (Å²) >= 11 is 0. The van der Waals surface area contributed by atoms with Gasteiger partial charge in [0.2, 0.25) is 0 Å². The van der Waals surface area contributed by atoms with Crippen molar-refractivity contribution >= 4 is 5.78 Å². The number of carbonyl (C=O) groups is 1. The number of hydrogen-bond acceptors (Lipinski definition) is 5. The van der Waals surface area contributed by atoms with Gasteiger partial charge in [0.1, 0.15) is 11.2 Å². The summed E-state index contributed by atoms with van der Waals surface area (Å²) in [5.41, 5.74) is 7.72. The lowest BCUT2D eigenvalue weighted by Gasteiger charge is -2.32. The maximum Gasteiger partial charge on any atom is 0.152 e. The number of aromatic nitrogens is 2. The lowest BCUT2D eigenvalue weighted by atomic mass is 9.88. The van der Waals surface area contributed by atoms with Gasteiger partial charge in [-0.1, -0.05) is 38.1 Å². The average molecular weight is 388 g/mol. The number of benzene rings is 1. The molecule has 6 heteroatoms. The molecule has 154 valence electrons. The second-order valence-corrected chi connectivity index (χ2v) is 8.71. The lowest BCUT2D eigenvalue weighted by molar-refractivity contribution is -0.404. The molecule has 2 aromatic rings. The van der Waals surface area contributed by atoms with Crippen molar-refractivity contribution in [1.82, 2.24) is 9.97 Å². The summed E-state index contributed by atoms with van der Waals surface area (Å²) in [7, 11) is 0. The number of Topliss-reactive ketones (excluding diaryl/α,β-unsaturated/α-hetero) is 1. The third-order valence-electron chi connectivity index (χ3n) is 4.72. The van der Waals surface area contributed by atoms with Gasteiger partial charge in [-0.2, -0.15) is 0 Å². The third kappa shape index (κ3) is 5.99. The highest BCUT2D eigenvalue weighted by Gasteiger charge is 2.32. The largest absolute Gasteiger partial charge is 0.348 e. The number of imidazole rings is 1. The van der Waals surface area contributed by atoms with Crippen molar-refractivity contribution in [3.8, 4) is 0 Å². The van der Waals surface area contributed by atoms with Crippen LogP contribution in [0, 0.1) is 0 Å². The van der Waals surface area contributed by atoms with Crippen LogP contribution in [0.1, 0.15) is 70.7 Å². The second kappa shape index (κ2) is 8.99. The first-order chi connectivity index (χ1) is 13.0. The standard InChI is InChI=1S/C22H33N3O3/c1-15(2)17-9-7-8-10-18(17)22(5,6)28-27-21(3,4)12-20(26)19(23)11-16-13-24-14-25-16/h7-10,13-15,19H,11-12,23H2,1-6H3,(H,24,25)/t19-/m0/s1. The molecular formula is C22H33N3O3. The molecule has 0 bridgehead atoms. The molecule has 1 heterocycles. The summed E-state index contributed by atoms with van der Waals surface area (Å²) < 4.78 is 0. The van der Waals surface area contributed by atoms with Crippen LogP contribution in [0.25, 0.3) is 0 Å². The predicted molar refractivity (Wildman–Crippen MR) is 110 cm³/mol. The Labute approximate surface area is 167 Å². The van der Waals surface area contributed by atoms with Crippen molar-refractivity contribution in [1.29, 1.82) is 0 Å². The van der Waals surface area contributed by atoms with Crippen LogP contribution >= 0.6 is 0 Å². The Kier molecular flexibility index (Phi) is 7.15. The quantitative estimate of drug-likeness (QED) is 0.475. The molecule has 0 aliphatic rings. The van der Waals surface area contributed by atoms with Crippen LogP contribution in [0.2, 0.25) is 0 Å². The van der Waals surface area contributed by atoms with Gasteiger partial charge in [0.25, 0.3) is 0 Å². The van der Waals surface area contributed by atoms with E-state index in [0.717, 1.165) is 11.3 Å². The number of nitrogens with zero attached hydrogens (tertiary/aromatic N) is 1. The Balaban J connectivity index is 1.98. The summed E-state index contributed by atoms with van der Waals surface area (Å²) in [6, 6.07) is 7.57. The summed E-state index contributed by atoms with van der Waals surface area (Å²) in [6.07, 6.45) is 3.82. The zero-order valence-electron chi connectivity index (χ0n) is 17.8. The molecule has 0 unspecified atom stereocenters. The Morgan fingerprint density at radius 3 is 2.46 bits per heavy atom. The van der Waals surface area contributed by atoms with E-state index in [1.54, 1.807) is 12.5 Å². The molecular weight excluding hydrogens is 354 g/mol. The molecule has 6 nitrogen and oxygen atoms in total. The van der Waals surface area contributed by atoms with Crippen molar-refractivity contribution in [3.05, 3.63) is 53.6 Å². The van der Waals surface area contributed by atoms with Crippen LogP contribution < -0.4 is 5.73 Å². The fraction of sp³-hybridized carbons (Fsp3) is 0.545. The Hall–Kier alpha value is -2.02. The highest BCUT2D eigenvalue weighted by molar-refractivity contribution is 5.84. The van der Waals surface area contributed by atoms with Gasteiger partial charge in [-0.15, -0.1) is 0 Å². The number of ketones is 1. The van der Waals surface area contributed by atoms with Crippen LogP contribution in [-0.4, -0.2) is 27.4 Å². The molecule has 28 heavy (non-hydrogen) atoms. The van der Waals surface area contributed by atoms with Gasteiger partial charge in [0.15, 0.2) is 5.78 Å². The van der Waals surface area contributed by atoms with Crippen molar-refractivity contribution in [2.24, 2.45) is 5.73 Å². The fourth-order valence-corrected chi connectivity index (χ4v) is 3.14. The van der Waals surface area contributed by atoms with E-state index >= 15 is 0 Å². The van der Waals surface area contributed by atoms with Gasteiger partial charge < -0.3 is 10.7 Å². The summed E-state index contributed by atoms with van der Waals surface area (Å²) in [5, 5.41) is 0. The first kappa shape index (κ1) is 22.3. The third-order valence-corrected chi connectivity index (χ3v) is 4.72. The van der Waals surface area contributed by atoms with Crippen LogP contribution in [-0.2, 0) is 26.6 Å². The van der Waals surface area contributed by atoms with Gasteiger partial charge in [0.05, 0.1) is 12.4 Å². The van der Waals surface area contributed by atoms with Gasteiger partial charge >= 0.3 is 0 Å². The second-order valence-electron chi connectivity index (χ2n) is 8.71. The van der Waals surface area contributed by atoms with Gasteiger partial charge in [-0.05, 0) is 44.7 Å². The van der Waals surface area contributed by atoms with Gasteiger partial charge in [-0.3, -0.25) is 4.79 Å². The Morgan fingerprint density at radius 1 is 1.18 bits per heavy atom. The molecule has 0 saturated carbocycles. The van der Waals surface area contributed by atoms with E-state index in [4.69, 9.17) is 15.5 Å². The summed E-state index contributed by atoms with van der Waals surface area (Å²) in [5.74, 6) is 0.290. The number of hydrogen-bond donors (Lipinski definition) is 2. The summed E-state index contributed by atoms with van der Waals surface area (Å²) in [6.45, 7) is 11.9. The maximum atomic E-state index is 12.5. The smallest absolute Gasteiger partial charge is 0.152 e. The van der Waals surface area contributed by atoms with E-state index in [9.17, 15) is 4.79 Å². The van der Waals surface area contributed by atoms with E-state index in [1.165, 1.54) is 5.56 Å². The Morgan fingerprint density at radius 2 is 1.86 bits per heavy atom. The number of rotatable bonds is 10. The van der Waals surface area contributed by atoms with E-state index in [0.29, 0.717) is 12.3 Å². The molecule has 0 aliphatic carbocycles. The normalized spacial score (nSPS) is 13.7. The fourth-order valence-electron chi connectivity index (χ4n) is 3.14. The first-order valence-corrected chi connectivity index (χ1v) is 9.73. The van der Waals surface area contributed by atoms with E-state index in [-0.39, 0.29) is 12.2 Å². The average Bonchev–Trinajstić information content (AvgIpc) is 3.13. The molecule has 0 amide bonds. The minimum absolute atomic E-state index is 0.0800. The van der Waals surface area contributed by atoms with Crippen molar-refractivity contribution in [2.45, 2.75) is 77.5 Å². The van der Waals surface area contributed by atoms with E-state index in [2.05, 4.69) is 35.9 Å². The molecule has 1 atom stereocenters. The number of nitrogens with two attached hydrogens (primary N) is 1. The van der Waals surface area contributed by atoms with Crippen LogP contribution in [0.5, 0.6) is 0 Å². The van der Waals surface area contributed by atoms with E-state index < -0.39 is 17.2 Å². The molecule has 0 aliphatic heterocycles. The minimum Gasteiger partial charge on any atom is -0.348 e. The highest BCUT2D eigenvalue weighted by atomic mass is 17.2. The van der Waals surface area contributed by atoms with Crippen LogP contribution in [0.3, 0.4) is 0 Å². The first-order valence-electron chi connectivity index (χ1n) is 9.73. The molecule has 1 aromatic heterocycles. The summed E-state index contributed by atoms with van der Waals surface area (Å²) in [4.78, 5) is 31.0. The molecule has 0 fully saturated rings. The molecule has 0 spiro atoms. The molecule has 2 rings (SSSR count). The zero-order chi connectivity index (χ0) is 20.9. The SMILES string of the molecule is CC(C)c1ccccc1C(C)(C)OOC(C)(C)CC(=O)[C@@H](N)Cc1cnc[nH]1. The van der Waals surface area contributed by atoms with Crippen molar-refractivity contribution < 1.29 is 14.6 Å². The molecule has 1 aromatic carbocycles. The number of nitrogens with one attached hydrogen (secondary N) is 1. The zero-order valence-corrected chi connectivity index (χ0v) is 17.8. The maximum absolute atomic E-state index is 12.5. The monoisotopic (exact) mass is 387 g/mol. The van der Waals surface area contributed by atoms with Crippen LogP contribution in [0.15, 0.2) is 36.8 Å². The number of carbonyl (C=O) groups excluding carboxylic acids is 1. The van der Waals surface area contributed by atoms with E-state index in [1.807, 2.05) is 39.8 Å². The van der Waals surface area contributed by atoms with Crippen LogP contribution in [0.4, 0.5) is 0 Å². The molecule has 0 saturated heterocycles. The van der Waals surface area contributed by atoms with Gasteiger partial charge in [-0.25, -0.2) is 14.8 Å². The predicted octanol–water partition coefficient (Wildman–Crippen LogP) is 4.02. The Bertz CT molecular complexity index is 767. The lowest BCUT2D eigenvalue weighted by Crippen LogP contribution is -2.40. The van der Waals surface area contributed by atoms with Crippen molar-refractivity contribution in [3.63, 3.8) is 0 Å². The number of H-pyrrole nitrogens is 1. The minimum atomic E-state index is -0.799. The molecule has 3 N–H and O–H groups in total.